The number of benzene rings is 3. The smallest absolute Gasteiger partial charge is 0.198 e. The van der Waals surface area contributed by atoms with Gasteiger partial charge in [0.2, 0.25) is 0 Å². The molecule has 3 heteroatoms. The molecule has 0 aromatic heterocycles. The second kappa shape index (κ2) is 4.78. The average Bonchev–Trinajstić information content (AvgIpc) is 2.47. The van der Waals surface area contributed by atoms with Gasteiger partial charge in [-0.3, -0.25) is 4.79 Å². The van der Waals surface area contributed by atoms with Gasteiger partial charge in [-0.1, -0.05) is 42.5 Å². The Morgan fingerprint density at radius 3 is 2.40 bits per heavy atom. The molecule has 20 heavy (non-hydrogen) atoms. The van der Waals surface area contributed by atoms with Crippen LogP contribution in [-0.2, 0) is 0 Å². The lowest BCUT2D eigenvalue weighted by atomic mass is 9.95. The zero-order chi connectivity index (χ0) is 14.1. The Bertz CT molecular complexity index is 811. The van der Waals surface area contributed by atoms with Crippen molar-refractivity contribution in [3.63, 3.8) is 0 Å². The van der Waals surface area contributed by atoms with Crippen LogP contribution in [0.1, 0.15) is 15.9 Å². The number of fused-ring (bicyclic) bond motifs is 1. The van der Waals surface area contributed by atoms with Crippen LogP contribution < -0.4 is 5.73 Å². The number of hydrogen-bond donors (Lipinski definition) is 1. The van der Waals surface area contributed by atoms with E-state index in [0.29, 0.717) is 11.3 Å². The van der Waals surface area contributed by atoms with Crippen LogP contribution in [0.5, 0.6) is 0 Å². The molecule has 0 aliphatic heterocycles. The molecule has 0 heterocycles. The minimum Gasteiger partial charge on any atom is -0.398 e. The standard InChI is InChI=1S/C17H12FNO/c18-14-8-4-3-7-13(14)17(20)16-12-6-2-1-5-11(12)9-10-15(16)19/h1-10H,19H2. The van der Waals surface area contributed by atoms with Crippen molar-refractivity contribution in [1.29, 1.82) is 0 Å². The van der Waals surface area contributed by atoms with E-state index in [1.165, 1.54) is 12.1 Å². The van der Waals surface area contributed by atoms with Crippen molar-refractivity contribution in [3.8, 4) is 0 Å². The summed E-state index contributed by atoms with van der Waals surface area (Å²) < 4.78 is 13.8. The molecule has 2 nitrogen and oxygen atoms in total. The first-order valence-electron chi connectivity index (χ1n) is 6.25. The summed E-state index contributed by atoms with van der Waals surface area (Å²) in [5.74, 6) is -0.928. The number of hydrogen-bond acceptors (Lipinski definition) is 2. The van der Waals surface area contributed by atoms with E-state index in [1.54, 1.807) is 18.2 Å². The summed E-state index contributed by atoms with van der Waals surface area (Å²) in [5, 5.41) is 1.64. The Morgan fingerprint density at radius 1 is 0.900 bits per heavy atom. The summed E-state index contributed by atoms with van der Waals surface area (Å²) in [4.78, 5) is 12.6. The minimum absolute atomic E-state index is 0.0375. The summed E-state index contributed by atoms with van der Waals surface area (Å²) in [6, 6.07) is 16.9. The van der Waals surface area contributed by atoms with Crippen molar-refractivity contribution in [2.45, 2.75) is 0 Å². The lowest BCUT2D eigenvalue weighted by molar-refractivity contribution is 0.103. The third-order valence-electron chi connectivity index (χ3n) is 3.31. The van der Waals surface area contributed by atoms with Crippen molar-refractivity contribution >= 4 is 22.2 Å². The van der Waals surface area contributed by atoms with Crippen LogP contribution in [0.15, 0.2) is 60.7 Å². The van der Waals surface area contributed by atoms with E-state index < -0.39 is 11.6 Å². The topological polar surface area (TPSA) is 43.1 Å². The van der Waals surface area contributed by atoms with E-state index in [2.05, 4.69) is 0 Å². The van der Waals surface area contributed by atoms with Crippen molar-refractivity contribution in [3.05, 3.63) is 77.6 Å². The van der Waals surface area contributed by atoms with Crippen LogP contribution in [0.3, 0.4) is 0 Å². The van der Waals surface area contributed by atoms with Gasteiger partial charge in [-0.15, -0.1) is 0 Å². The molecule has 0 aliphatic carbocycles. The van der Waals surface area contributed by atoms with Gasteiger partial charge in [0.1, 0.15) is 5.82 Å². The predicted octanol–water partition coefficient (Wildman–Crippen LogP) is 3.79. The zero-order valence-corrected chi connectivity index (χ0v) is 10.6. The van der Waals surface area contributed by atoms with Gasteiger partial charge in [0, 0.05) is 5.69 Å². The van der Waals surface area contributed by atoms with E-state index in [0.717, 1.165) is 10.8 Å². The van der Waals surface area contributed by atoms with Crippen LogP contribution in [0, 0.1) is 5.82 Å². The molecule has 0 amide bonds. The van der Waals surface area contributed by atoms with Crippen molar-refractivity contribution in [1.82, 2.24) is 0 Å². The summed E-state index contributed by atoms with van der Waals surface area (Å²) >= 11 is 0. The van der Waals surface area contributed by atoms with Gasteiger partial charge in [0.05, 0.1) is 11.1 Å². The maximum absolute atomic E-state index is 13.8. The molecule has 3 rings (SSSR count). The van der Waals surface area contributed by atoms with Gasteiger partial charge in [-0.05, 0) is 29.0 Å². The van der Waals surface area contributed by atoms with E-state index in [-0.39, 0.29) is 5.56 Å². The molecule has 0 atom stereocenters. The number of carbonyl (C=O) groups excluding carboxylic acids is 1. The summed E-state index contributed by atoms with van der Waals surface area (Å²) in [6.45, 7) is 0. The Morgan fingerprint density at radius 2 is 1.60 bits per heavy atom. The van der Waals surface area contributed by atoms with E-state index >= 15 is 0 Å². The first kappa shape index (κ1) is 12.4. The number of anilines is 1. The number of ketones is 1. The molecular weight excluding hydrogens is 253 g/mol. The van der Waals surface area contributed by atoms with Gasteiger partial charge in [-0.25, -0.2) is 4.39 Å². The van der Waals surface area contributed by atoms with Gasteiger partial charge in [0.15, 0.2) is 5.78 Å². The number of carbonyl (C=O) groups is 1. The maximum Gasteiger partial charge on any atom is 0.198 e. The lowest BCUT2D eigenvalue weighted by Gasteiger charge is -2.09. The highest BCUT2D eigenvalue weighted by Gasteiger charge is 2.18. The molecule has 0 saturated carbocycles. The quantitative estimate of drug-likeness (QED) is 0.566. The summed E-state index contributed by atoms with van der Waals surface area (Å²) in [7, 11) is 0. The maximum atomic E-state index is 13.8. The zero-order valence-electron chi connectivity index (χ0n) is 10.6. The highest BCUT2D eigenvalue weighted by Crippen LogP contribution is 2.27. The third-order valence-corrected chi connectivity index (χ3v) is 3.31. The highest BCUT2D eigenvalue weighted by molar-refractivity contribution is 6.19. The molecule has 2 N–H and O–H groups in total. The van der Waals surface area contributed by atoms with E-state index in [9.17, 15) is 9.18 Å². The fourth-order valence-corrected chi connectivity index (χ4v) is 2.32. The van der Waals surface area contributed by atoms with Crippen molar-refractivity contribution in [2.75, 3.05) is 5.73 Å². The third kappa shape index (κ3) is 1.93. The SMILES string of the molecule is Nc1ccc2ccccc2c1C(=O)c1ccccc1F. The largest absolute Gasteiger partial charge is 0.398 e. The number of nitrogens with two attached hydrogens (primary N) is 1. The fraction of sp³-hybridized carbons (Fsp3) is 0. The van der Waals surface area contributed by atoms with Gasteiger partial charge >= 0.3 is 0 Å². The van der Waals surface area contributed by atoms with Crippen LogP contribution in [0.4, 0.5) is 10.1 Å². The molecule has 98 valence electrons. The molecule has 3 aromatic carbocycles. The highest BCUT2D eigenvalue weighted by atomic mass is 19.1. The Hall–Kier alpha value is -2.68. The molecule has 0 saturated heterocycles. The van der Waals surface area contributed by atoms with Crippen molar-refractivity contribution in [2.24, 2.45) is 0 Å². The monoisotopic (exact) mass is 265 g/mol. The van der Waals surface area contributed by atoms with E-state index in [4.69, 9.17) is 5.73 Å². The Kier molecular flexibility index (Phi) is 2.95. The number of rotatable bonds is 2. The molecule has 3 aromatic rings. The van der Waals surface area contributed by atoms with E-state index in [1.807, 2.05) is 30.3 Å². The van der Waals surface area contributed by atoms with Crippen LogP contribution >= 0.6 is 0 Å². The Balaban J connectivity index is 2.27. The van der Waals surface area contributed by atoms with Crippen LogP contribution in [0.2, 0.25) is 0 Å². The predicted molar refractivity (Wildman–Crippen MR) is 78.2 cm³/mol. The number of halogens is 1. The van der Waals surface area contributed by atoms with Gasteiger partial charge in [0.25, 0.3) is 0 Å². The molecule has 0 bridgehead atoms. The van der Waals surface area contributed by atoms with Gasteiger partial charge < -0.3 is 5.73 Å². The van der Waals surface area contributed by atoms with Gasteiger partial charge in [-0.2, -0.15) is 0 Å². The molecule has 0 aliphatic rings. The number of nitrogen functional groups attached to an aromatic ring is 1. The second-order valence-corrected chi connectivity index (χ2v) is 4.56. The Labute approximate surface area is 115 Å². The molecular formula is C17H12FNO. The molecule has 0 spiro atoms. The molecule has 0 radical (unpaired) electrons. The summed E-state index contributed by atoms with van der Waals surface area (Å²) in [6.07, 6.45) is 0. The first-order valence-corrected chi connectivity index (χ1v) is 6.25. The minimum atomic E-state index is -0.537. The van der Waals surface area contributed by atoms with Crippen molar-refractivity contribution < 1.29 is 9.18 Å². The normalized spacial score (nSPS) is 10.7. The van der Waals surface area contributed by atoms with Crippen LogP contribution in [0.25, 0.3) is 10.8 Å². The second-order valence-electron chi connectivity index (χ2n) is 4.56. The van der Waals surface area contributed by atoms with Crippen LogP contribution in [-0.4, -0.2) is 5.78 Å². The summed E-state index contributed by atoms with van der Waals surface area (Å²) in [5.41, 5.74) is 6.68. The molecule has 0 unspecified atom stereocenters. The molecule has 0 fully saturated rings. The lowest BCUT2D eigenvalue weighted by Crippen LogP contribution is -2.08. The average molecular weight is 265 g/mol. The fourth-order valence-electron chi connectivity index (χ4n) is 2.32. The first-order chi connectivity index (χ1) is 9.68.